The maximum absolute atomic E-state index is 13.0. The van der Waals surface area contributed by atoms with Crippen LogP contribution in [0.4, 0.5) is 5.69 Å². The van der Waals surface area contributed by atoms with Gasteiger partial charge in [0.2, 0.25) is 11.8 Å². The normalized spacial score (nSPS) is 15.3. The predicted octanol–water partition coefficient (Wildman–Crippen LogP) is 3.65. The molecule has 1 N–H and O–H groups in total. The summed E-state index contributed by atoms with van der Waals surface area (Å²) in [4.78, 5) is 28.9. The molecule has 1 aliphatic heterocycles. The average molecular weight is 430 g/mol. The number of hydrogen-bond donors (Lipinski definition) is 1. The number of benzene rings is 2. The molecule has 160 valence electrons. The Bertz CT molecular complexity index is 855. The minimum Gasteiger partial charge on any atom is -0.497 e. The van der Waals surface area contributed by atoms with Crippen molar-refractivity contribution in [2.75, 3.05) is 38.2 Å². The number of rotatable bonds is 6. The van der Waals surface area contributed by atoms with Crippen molar-refractivity contribution in [3.05, 3.63) is 59.1 Å². The van der Waals surface area contributed by atoms with E-state index in [0.717, 1.165) is 36.5 Å². The maximum Gasteiger partial charge on any atom is 0.225 e. The minimum atomic E-state index is -0.367. The van der Waals surface area contributed by atoms with Crippen LogP contribution in [0.25, 0.3) is 0 Å². The Balaban J connectivity index is 1.63. The van der Waals surface area contributed by atoms with E-state index in [0.29, 0.717) is 18.1 Å². The molecule has 0 saturated carbocycles. The predicted molar refractivity (Wildman–Crippen MR) is 119 cm³/mol. The third-order valence-corrected chi connectivity index (χ3v) is 5.57. The Hall–Kier alpha value is -2.73. The highest BCUT2D eigenvalue weighted by Crippen LogP contribution is 2.23. The first kappa shape index (κ1) is 22.0. The number of carbonyl (C=O) groups is 2. The van der Waals surface area contributed by atoms with Gasteiger partial charge in [-0.3, -0.25) is 9.59 Å². The third kappa shape index (κ3) is 5.89. The van der Waals surface area contributed by atoms with Gasteiger partial charge < -0.3 is 19.9 Å². The second-order valence-electron chi connectivity index (χ2n) is 7.43. The molecule has 30 heavy (non-hydrogen) atoms. The number of methoxy groups -OCH3 is 1. The highest BCUT2D eigenvalue weighted by atomic mass is 35.5. The van der Waals surface area contributed by atoms with Crippen molar-refractivity contribution >= 4 is 29.1 Å². The molecule has 1 heterocycles. The third-order valence-electron chi connectivity index (χ3n) is 5.31. The first-order chi connectivity index (χ1) is 14.5. The molecule has 0 spiro atoms. The van der Waals surface area contributed by atoms with Crippen molar-refractivity contribution < 1.29 is 14.3 Å². The van der Waals surface area contributed by atoms with Crippen LogP contribution in [0.15, 0.2) is 48.5 Å². The number of halogens is 1. The van der Waals surface area contributed by atoms with Crippen molar-refractivity contribution in [1.29, 1.82) is 0 Å². The molecule has 3 rings (SSSR count). The Morgan fingerprint density at radius 3 is 2.37 bits per heavy atom. The minimum absolute atomic E-state index is 0.0419. The molecule has 1 saturated heterocycles. The molecule has 2 aromatic rings. The molecule has 2 aromatic carbocycles. The van der Waals surface area contributed by atoms with Crippen LogP contribution in [-0.2, 0) is 9.59 Å². The number of amides is 2. The lowest BCUT2D eigenvalue weighted by Gasteiger charge is -2.25. The summed E-state index contributed by atoms with van der Waals surface area (Å²) in [5, 5.41) is 3.52. The fourth-order valence-electron chi connectivity index (χ4n) is 3.71. The first-order valence-electron chi connectivity index (χ1n) is 10.2. The van der Waals surface area contributed by atoms with Crippen LogP contribution >= 0.6 is 11.6 Å². The van der Waals surface area contributed by atoms with E-state index in [1.54, 1.807) is 19.2 Å². The van der Waals surface area contributed by atoms with E-state index in [1.165, 1.54) is 6.92 Å². The molecule has 1 aliphatic rings. The van der Waals surface area contributed by atoms with Crippen molar-refractivity contribution in [3.63, 3.8) is 0 Å². The molecular formula is C23H28ClN3O3. The van der Waals surface area contributed by atoms with Crippen LogP contribution < -0.4 is 15.0 Å². The zero-order valence-electron chi connectivity index (χ0n) is 17.4. The number of nitrogens with one attached hydrogen (secondary N) is 1. The van der Waals surface area contributed by atoms with Crippen LogP contribution in [0.3, 0.4) is 0 Å². The molecule has 0 bridgehead atoms. The summed E-state index contributed by atoms with van der Waals surface area (Å²) >= 11 is 5.97. The van der Waals surface area contributed by atoms with E-state index < -0.39 is 0 Å². The summed E-state index contributed by atoms with van der Waals surface area (Å²) in [5.74, 6) is 0.709. The molecule has 2 amide bonds. The largest absolute Gasteiger partial charge is 0.497 e. The van der Waals surface area contributed by atoms with Crippen LogP contribution in [0.1, 0.15) is 31.4 Å². The van der Waals surface area contributed by atoms with Gasteiger partial charge in [0.25, 0.3) is 0 Å². The smallest absolute Gasteiger partial charge is 0.225 e. The van der Waals surface area contributed by atoms with Gasteiger partial charge in [0.1, 0.15) is 5.75 Å². The Labute approximate surface area is 182 Å². The Morgan fingerprint density at radius 2 is 1.73 bits per heavy atom. The molecular weight excluding hydrogens is 402 g/mol. The summed E-state index contributed by atoms with van der Waals surface area (Å²) in [6, 6.07) is 14.9. The van der Waals surface area contributed by atoms with E-state index in [9.17, 15) is 9.59 Å². The molecule has 7 heteroatoms. The van der Waals surface area contributed by atoms with Crippen molar-refractivity contribution in [2.24, 2.45) is 0 Å². The SMILES string of the molecule is COc1ccc(N2CCCN(C(=O)CC(NC(C)=O)c3ccc(Cl)cc3)CC2)cc1. The van der Waals surface area contributed by atoms with Crippen LogP contribution in [0.2, 0.25) is 5.02 Å². The van der Waals surface area contributed by atoms with E-state index >= 15 is 0 Å². The standard InChI is InChI=1S/C23H28ClN3O3/c1-17(28)25-22(18-4-6-19(24)7-5-18)16-23(29)27-13-3-12-26(14-15-27)20-8-10-21(30-2)11-9-20/h4-11,22H,3,12-16H2,1-2H3,(H,25,28). The fraction of sp³-hybridized carbons (Fsp3) is 0.391. The Morgan fingerprint density at radius 1 is 1.03 bits per heavy atom. The number of ether oxygens (including phenoxy) is 1. The van der Waals surface area contributed by atoms with E-state index in [-0.39, 0.29) is 24.3 Å². The van der Waals surface area contributed by atoms with Gasteiger partial charge in [0, 0.05) is 43.8 Å². The molecule has 1 atom stereocenters. The second kappa shape index (κ2) is 10.3. The average Bonchev–Trinajstić information content (AvgIpc) is 3.00. The summed E-state index contributed by atoms with van der Waals surface area (Å²) in [5.41, 5.74) is 2.00. The molecule has 1 fully saturated rings. The maximum atomic E-state index is 13.0. The van der Waals surface area contributed by atoms with Crippen molar-refractivity contribution in [3.8, 4) is 5.75 Å². The zero-order valence-corrected chi connectivity index (χ0v) is 18.2. The summed E-state index contributed by atoms with van der Waals surface area (Å²) < 4.78 is 5.23. The van der Waals surface area contributed by atoms with Crippen LogP contribution in [0, 0.1) is 0 Å². The van der Waals surface area contributed by atoms with Gasteiger partial charge in [-0.2, -0.15) is 0 Å². The Kier molecular flexibility index (Phi) is 7.57. The topological polar surface area (TPSA) is 61.9 Å². The number of anilines is 1. The number of hydrogen-bond acceptors (Lipinski definition) is 4. The highest BCUT2D eigenvalue weighted by molar-refractivity contribution is 6.30. The molecule has 1 unspecified atom stereocenters. The molecule has 6 nitrogen and oxygen atoms in total. The van der Waals surface area contributed by atoms with Crippen molar-refractivity contribution in [1.82, 2.24) is 10.2 Å². The van der Waals surface area contributed by atoms with E-state index in [4.69, 9.17) is 16.3 Å². The summed E-state index contributed by atoms with van der Waals surface area (Å²) in [7, 11) is 1.66. The van der Waals surface area contributed by atoms with Gasteiger partial charge in [-0.15, -0.1) is 0 Å². The van der Waals surface area contributed by atoms with Gasteiger partial charge in [-0.05, 0) is 48.4 Å². The zero-order chi connectivity index (χ0) is 21.5. The van der Waals surface area contributed by atoms with Crippen LogP contribution in [0.5, 0.6) is 5.75 Å². The molecule has 0 aliphatic carbocycles. The van der Waals surface area contributed by atoms with Gasteiger partial charge in [-0.1, -0.05) is 23.7 Å². The first-order valence-corrected chi connectivity index (χ1v) is 10.5. The van der Waals surface area contributed by atoms with Gasteiger partial charge in [0.05, 0.1) is 19.6 Å². The van der Waals surface area contributed by atoms with Gasteiger partial charge >= 0.3 is 0 Å². The summed E-state index contributed by atoms with van der Waals surface area (Å²) in [6.07, 6.45) is 1.12. The van der Waals surface area contributed by atoms with Gasteiger partial charge in [0.15, 0.2) is 0 Å². The summed E-state index contributed by atoms with van der Waals surface area (Å²) in [6.45, 7) is 4.48. The number of carbonyl (C=O) groups excluding carboxylic acids is 2. The van der Waals surface area contributed by atoms with E-state index in [1.807, 2.05) is 41.3 Å². The van der Waals surface area contributed by atoms with E-state index in [2.05, 4.69) is 10.2 Å². The lowest BCUT2D eigenvalue weighted by atomic mass is 10.0. The monoisotopic (exact) mass is 429 g/mol. The lowest BCUT2D eigenvalue weighted by molar-refractivity contribution is -0.131. The highest BCUT2D eigenvalue weighted by Gasteiger charge is 2.24. The quantitative estimate of drug-likeness (QED) is 0.761. The second-order valence-corrected chi connectivity index (χ2v) is 7.86. The van der Waals surface area contributed by atoms with Gasteiger partial charge in [-0.25, -0.2) is 0 Å². The number of nitrogens with zero attached hydrogens (tertiary/aromatic N) is 2. The molecule has 0 radical (unpaired) electrons. The van der Waals surface area contributed by atoms with Crippen molar-refractivity contribution in [2.45, 2.75) is 25.8 Å². The van der Waals surface area contributed by atoms with Crippen LogP contribution in [-0.4, -0.2) is 50.0 Å². The molecule has 0 aromatic heterocycles. The fourth-order valence-corrected chi connectivity index (χ4v) is 3.84. The lowest BCUT2D eigenvalue weighted by Crippen LogP contribution is -2.38.